The van der Waals surface area contributed by atoms with Gasteiger partial charge in [0.15, 0.2) is 5.96 Å². The molecular formula is C20H34IN5O2. The van der Waals surface area contributed by atoms with Crippen LogP contribution in [0.1, 0.15) is 31.9 Å². The molecule has 28 heavy (non-hydrogen) atoms. The normalized spacial score (nSPS) is 15.0. The highest BCUT2D eigenvalue weighted by molar-refractivity contribution is 14.0. The van der Waals surface area contributed by atoms with Gasteiger partial charge < -0.3 is 25.2 Å². The predicted molar refractivity (Wildman–Crippen MR) is 124 cm³/mol. The van der Waals surface area contributed by atoms with Gasteiger partial charge in [-0.1, -0.05) is 24.3 Å². The second kappa shape index (κ2) is 10.8. The van der Waals surface area contributed by atoms with Crippen molar-refractivity contribution in [1.29, 1.82) is 0 Å². The van der Waals surface area contributed by atoms with Gasteiger partial charge in [0.25, 0.3) is 0 Å². The topological polar surface area (TPSA) is 69.2 Å². The first-order valence-electron chi connectivity index (χ1n) is 9.34. The molecule has 0 aliphatic carbocycles. The summed E-state index contributed by atoms with van der Waals surface area (Å²) >= 11 is 0. The molecule has 1 amide bonds. The third-order valence-electron chi connectivity index (χ3n) is 4.15. The van der Waals surface area contributed by atoms with E-state index in [0.29, 0.717) is 19.6 Å². The minimum Gasteiger partial charge on any atom is -0.444 e. The number of guanidine groups is 1. The summed E-state index contributed by atoms with van der Waals surface area (Å²) in [6, 6.07) is 8.58. The lowest BCUT2D eigenvalue weighted by Gasteiger charge is -2.40. The Morgan fingerprint density at radius 1 is 1.25 bits per heavy atom. The van der Waals surface area contributed by atoms with Gasteiger partial charge >= 0.3 is 6.09 Å². The molecule has 1 aromatic rings. The van der Waals surface area contributed by atoms with Crippen molar-refractivity contribution in [1.82, 2.24) is 20.4 Å². The van der Waals surface area contributed by atoms with Crippen molar-refractivity contribution in [3.8, 4) is 0 Å². The number of carbonyl (C=O) groups excluding carboxylic acids is 1. The maximum atomic E-state index is 12.0. The standard InChI is InChI=1S/C20H33N5O2.HI/c1-20(2,3)27-19(26)25-13-17(14-25)23-18(21-4)22-11-15-9-7-8-10-16(15)12-24(5)6;/h7-10,17H,11-14H2,1-6H3,(H2,21,22,23);1H. The number of rotatable bonds is 5. The number of aliphatic imine (C=N–C) groups is 1. The summed E-state index contributed by atoms with van der Waals surface area (Å²) in [7, 11) is 5.89. The van der Waals surface area contributed by atoms with E-state index in [9.17, 15) is 4.79 Å². The van der Waals surface area contributed by atoms with Crippen LogP contribution in [0.15, 0.2) is 29.3 Å². The summed E-state index contributed by atoms with van der Waals surface area (Å²) in [4.78, 5) is 20.2. The van der Waals surface area contributed by atoms with Gasteiger partial charge in [-0.2, -0.15) is 0 Å². The lowest BCUT2D eigenvalue weighted by molar-refractivity contribution is 0.00701. The van der Waals surface area contributed by atoms with Crippen LogP contribution in [0.25, 0.3) is 0 Å². The highest BCUT2D eigenvalue weighted by atomic mass is 127. The predicted octanol–water partition coefficient (Wildman–Crippen LogP) is 2.65. The van der Waals surface area contributed by atoms with E-state index in [-0.39, 0.29) is 36.1 Å². The van der Waals surface area contributed by atoms with Crippen molar-refractivity contribution < 1.29 is 9.53 Å². The Morgan fingerprint density at radius 3 is 2.39 bits per heavy atom. The molecule has 1 aliphatic rings. The maximum absolute atomic E-state index is 12.0. The highest BCUT2D eigenvalue weighted by Gasteiger charge is 2.34. The third-order valence-corrected chi connectivity index (χ3v) is 4.15. The van der Waals surface area contributed by atoms with Crippen molar-refractivity contribution in [2.75, 3.05) is 34.2 Å². The molecule has 0 spiro atoms. The molecule has 0 bridgehead atoms. The van der Waals surface area contributed by atoms with E-state index in [4.69, 9.17) is 4.74 Å². The van der Waals surface area contributed by atoms with Gasteiger partial charge in [0.2, 0.25) is 0 Å². The molecule has 2 N–H and O–H groups in total. The van der Waals surface area contributed by atoms with Crippen LogP contribution in [-0.4, -0.2) is 67.7 Å². The fraction of sp³-hybridized carbons (Fsp3) is 0.600. The maximum Gasteiger partial charge on any atom is 0.410 e. The van der Waals surface area contributed by atoms with Crippen molar-refractivity contribution in [3.05, 3.63) is 35.4 Å². The van der Waals surface area contributed by atoms with Crippen molar-refractivity contribution in [2.24, 2.45) is 4.99 Å². The van der Waals surface area contributed by atoms with Crippen molar-refractivity contribution in [2.45, 2.75) is 45.5 Å². The molecule has 0 atom stereocenters. The van der Waals surface area contributed by atoms with Gasteiger partial charge in [-0.3, -0.25) is 4.99 Å². The zero-order chi connectivity index (χ0) is 20.0. The lowest BCUT2D eigenvalue weighted by Crippen LogP contribution is -2.63. The van der Waals surface area contributed by atoms with E-state index in [1.807, 2.05) is 20.8 Å². The number of hydrogen-bond donors (Lipinski definition) is 2. The molecule has 7 nitrogen and oxygen atoms in total. The molecule has 8 heteroatoms. The Kier molecular flexibility index (Phi) is 9.49. The van der Waals surface area contributed by atoms with Crippen LogP contribution in [0, 0.1) is 0 Å². The van der Waals surface area contributed by atoms with Crippen LogP contribution >= 0.6 is 24.0 Å². The SMILES string of the molecule is CN=C(NCc1ccccc1CN(C)C)NC1CN(C(=O)OC(C)(C)C)C1.I. The fourth-order valence-corrected chi connectivity index (χ4v) is 2.84. The first-order chi connectivity index (χ1) is 12.7. The number of halogens is 1. The molecule has 1 aliphatic heterocycles. The van der Waals surface area contributed by atoms with Crippen LogP contribution in [0.3, 0.4) is 0 Å². The first kappa shape index (κ1) is 24.5. The van der Waals surface area contributed by atoms with Crippen LogP contribution in [0.4, 0.5) is 4.79 Å². The molecule has 0 unspecified atom stereocenters. The monoisotopic (exact) mass is 503 g/mol. The van der Waals surface area contributed by atoms with Gasteiger partial charge in [0.05, 0.1) is 6.04 Å². The van der Waals surface area contributed by atoms with Gasteiger partial charge in [0.1, 0.15) is 5.60 Å². The minimum absolute atomic E-state index is 0. The zero-order valence-electron chi connectivity index (χ0n) is 17.8. The van der Waals surface area contributed by atoms with E-state index < -0.39 is 5.60 Å². The van der Waals surface area contributed by atoms with E-state index in [2.05, 4.69) is 58.9 Å². The summed E-state index contributed by atoms with van der Waals surface area (Å²) < 4.78 is 5.38. The average molecular weight is 503 g/mol. The largest absolute Gasteiger partial charge is 0.444 e. The second-order valence-electron chi connectivity index (χ2n) is 8.16. The molecule has 0 aromatic heterocycles. The Labute approximate surface area is 185 Å². The molecule has 1 saturated heterocycles. The Balaban J connectivity index is 0.00000392. The molecular weight excluding hydrogens is 469 g/mol. The Bertz CT molecular complexity index is 667. The van der Waals surface area contributed by atoms with Gasteiger partial charge in [-0.15, -0.1) is 24.0 Å². The van der Waals surface area contributed by atoms with E-state index in [0.717, 1.165) is 12.5 Å². The molecule has 0 radical (unpaired) electrons. The number of ether oxygens (including phenoxy) is 1. The van der Waals surface area contributed by atoms with Gasteiger partial charge in [-0.05, 0) is 46.0 Å². The summed E-state index contributed by atoms with van der Waals surface area (Å²) in [6.07, 6.45) is -0.263. The summed E-state index contributed by atoms with van der Waals surface area (Å²) in [6.45, 7) is 8.46. The molecule has 0 saturated carbocycles. The van der Waals surface area contributed by atoms with Crippen LogP contribution in [0.5, 0.6) is 0 Å². The third kappa shape index (κ3) is 7.83. The number of nitrogens with zero attached hydrogens (tertiary/aromatic N) is 3. The minimum atomic E-state index is -0.465. The van der Waals surface area contributed by atoms with E-state index in [1.165, 1.54) is 11.1 Å². The molecule has 1 fully saturated rings. The summed E-state index contributed by atoms with van der Waals surface area (Å²) in [5.41, 5.74) is 2.08. The zero-order valence-corrected chi connectivity index (χ0v) is 20.1. The number of benzene rings is 1. The van der Waals surface area contributed by atoms with Crippen LogP contribution in [0.2, 0.25) is 0 Å². The molecule has 158 valence electrons. The summed E-state index contributed by atoms with van der Waals surface area (Å²) in [5, 5.41) is 6.73. The van der Waals surface area contributed by atoms with E-state index >= 15 is 0 Å². The van der Waals surface area contributed by atoms with Gasteiger partial charge in [0, 0.05) is 33.2 Å². The fourth-order valence-electron chi connectivity index (χ4n) is 2.84. The smallest absolute Gasteiger partial charge is 0.410 e. The molecule has 2 rings (SSSR count). The number of carbonyl (C=O) groups is 1. The highest BCUT2D eigenvalue weighted by Crippen LogP contribution is 2.15. The van der Waals surface area contributed by atoms with Crippen LogP contribution in [-0.2, 0) is 17.8 Å². The van der Waals surface area contributed by atoms with Crippen molar-refractivity contribution in [3.63, 3.8) is 0 Å². The van der Waals surface area contributed by atoms with Crippen LogP contribution < -0.4 is 10.6 Å². The van der Waals surface area contributed by atoms with Crippen molar-refractivity contribution >= 4 is 36.0 Å². The average Bonchev–Trinajstić information content (AvgIpc) is 2.52. The molecule has 1 heterocycles. The lowest BCUT2D eigenvalue weighted by atomic mass is 10.1. The number of amides is 1. The number of hydrogen-bond acceptors (Lipinski definition) is 4. The Morgan fingerprint density at radius 2 is 1.86 bits per heavy atom. The number of likely N-dealkylation sites (tertiary alicyclic amines) is 1. The number of nitrogens with one attached hydrogen (secondary N) is 2. The van der Waals surface area contributed by atoms with E-state index in [1.54, 1.807) is 11.9 Å². The second-order valence-corrected chi connectivity index (χ2v) is 8.16. The first-order valence-corrected chi connectivity index (χ1v) is 9.34. The Hall–Kier alpha value is -1.55. The molecule has 1 aromatic carbocycles. The van der Waals surface area contributed by atoms with Gasteiger partial charge in [-0.25, -0.2) is 4.79 Å². The summed E-state index contributed by atoms with van der Waals surface area (Å²) in [5.74, 6) is 0.739. The quantitative estimate of drug-likeness (QED) is 0.368.